The third kappa shape index (κ3) is 1.64. The molecule has 0 aliphatic rings. The van der Waals surface area contributed by atoms with E-state index in [2.05, 4.69) is 9.97 Å². The van der Waals surface area contributed by atoms with Gasteiger partial charge in [-0.25, -0.2) is 9.78 Å². The standard InChI is InChI=1S/C16H13N3O2/c1-9-10(2)21-14-6-5-11(8-12(9)14)19-13-4-3-7-17-15(13)18-16(19)20/h3-8H,1-2H3,(H,17,18,20). The van der Waals surface area contributed by atoms with Crippen molar-refractivity contribution in [2.75, 3.05) is 0 Å². The molecular formula is C16H13N3O2. The van der Waals surface area contributed by atoms with Crippen LogP contribution in [0.3, 0.4) is 0 Å². The van der Waals surface area contributed by atoms with Crippen molar-refractivity contribution in [2.24, 2.45) is 0 Å². The molecule has 1 aromatic carbocycles. The number of H-pyrrole nitrogens is 1. The maximum Gasteiger partial charge on any atom is 0.332 e. The van der Waals surface area contributed by atoms with Crippen LogP contribution in [0.1, 0.15) is 11.3 Å². The van der Waals surface area contributed by atoms with Crippen molar-refractivity contribution in [3.05, 3.63) is 58.3 Å². The number of fused-ring (bicyclic) bond motifs is 2. The molecule has 0 unspecified atom stereocenters. The van der Waals surface area contributed by atoms with E-state index >= 15 is 0 Å². The number of hydrogen-bond acceptors (Lipinski definition) is 3. The van der Waals surface area contributed by atoms with Gasteiger partial charge in [0, 0.05) is 11.6 Å². The van der Waals surface area contributed by atoms with Crippen molar-refractivity contribution in [3.8, 4) is 5.69 Å². The molecule has 1 N–H and O–H groups in total. The molecular weight excluding hydrogens is 266 g/mol. The Balaban J connectivity index is 2.06. The van der Waals surface area contributed by atoms with Crippen molar-refractivity contribution in [3.63, 3.8) is 0 Å². The fourth-order valence-corrected chi connectivity index (χ4v) is 2.67. The Morgan fingerprint density at radius 2 is 2.10 bits per heavy atom. The van der Waals surface area contributed by atoms with Gasteiger partial charge in [-0.15, -0.1) is 0 Å². The Bertz CT molecular complexity index is 1040. The molecule has 0 saturated carbocycles. The van der Waals surface area contributed by atoms with Gasteiger partial charge >= 0.3 is 5.69 Å². The number of nitrogens with zero attached hydrogens (tertiary/aromatic N) is 2. The second-order valence-corrected chi connectivity index (χ2v) is 5.10. The summed E-state index contributed by atoms with van der Waals surface area (Å²) in [6.07, 6.45) is 1.66. The summed E-state index contributed by atoms with van der Waals surface area (Å²) in [7, 11) is 0. The van der Waals surface area contributed by atoms with Gasteiger partial charge in [0.05, 0.1) is 11.2 Å². The van der Waals surface area contributed by atoms with Crippen LogP contribution in [0.25, 0.3) is 27.8 Å². The summed E-state index contributed by atoms with van der Waals surface area (Å²) < 4.78 is 7.31. The first-order valence-electron chi connectivity index (χ1n) is 6.71. The van der Waals surface area contributed by atoms with Gasteiger partial charge in [-0.2, -0.15) is 0 Å². The number of pyridine rings is 1. The molecule has 3 aromatic heterocycles. The largest absolute Gasteiger partial charge is 0.461 e. The number of aromatic nitrogens is 3. The van der Waals surface area contributed by atoms with E-state index in [1.54, 1.807) is 10.8 Å². The molecule has 4 aromatic rings. The molecule has 0 radical (unpaired) electrons. The third-order valence-electron chi connectivity index (χ3n) is 3.87. The van der Waals surface area contributed by atoms with Crippen LogP contribution in [0.2, 0.25) is 0 Å². The molecule has 0 amide bonds. The lowest BCUT2D eigenvalue weighted by molar-refractivity contribution is 0.575. The number of aromatic amines is 1. The van der Waals surface area contributed by atoms with Crippen LogP contribution in [-0.2, 0) is 0 Å². The number of imidazole rings is 1. The maximum absolute atomic E-state index is 12.2. The highest BCUT2D eigenvalue weighted by Crippen LogP contribution is 2.27. The van der Waals surface area contributed by atoms with E-state index in [-0.39, 0.29) is 5.69 Å². The van der Waals surface area contributed by atoms with Gasteiger partial charge in [0.2, 0.25) is 0 Å². The van der Waals surface area contributed by atoms with Crippen LogP contribution in [0.4, 0.5) is 0 Å². The van der Waals surface area contributed by atoms with E-state index < -0.39 is 0 Å². The second kappa shape index (κ2) is 4.09. The first-order chi connectivity index (χ1) is 10.1. The minimum absolute atomic E-state index is 0.194. The Labute approximate surface area is 119 Å². The van der Waals surface area contributed by atoms with E-state index in [0.29, 0.717) is 5.65 Å². The predicted octanol–water partition coefficient (Wildman–Crippen LogP) is 3.08. The van der Waals surface area contributed by atoms with Crippen molar-refractivity contribution >= 4 is 22.1 Å². The minimum atomic E-state index is -0.194. The number of furan rings is 1. The first kappa shape index (κ1) is 12.0. The first-order valence-corrected chi connectivity index (χ1v) is 6.71. The van der Waals surface area contributed by atoms with E-state index in [4.69, 9.17) is 4.42 Å². The number of rotatable bonds is 1. The van der Waals surface area contributed by atoms with Gasteiger partial charge < -0.3 is 4.42 Å². The highest BCUT2D eigenvalue weighted by atomic mass is 16.3. The summed E-state index contributed by atoms with van der Waals surface area (Å²) in [6.45, 7) is 3.96. The van der Waals surface area contributed by atoms with E-state index in [1.165, 1.54) is 0 Å². The van der Waals surface area contributed by atoms with Crippen LogP contribution in [-0.4, -0.2) is 14.5 Å². The van der Waals surface area contributed by atoms with Crippen LogP contribution in [0, 0.1) is 13.8 Å². The number of nitrogens with one attached hydrogen (secondary N) is 1. The molecule has 0 aliphatic heterocycles. The van der Waals surface area contributed by atoms with Crippen molar-refractivity contribution in [1.29, 1.82) is 0 Å². The van der Waals surface area contributed by atoms with Gasteiger partial charge in [0.15, 0.2) is 5.65 Å². The summed E-state index contributed by atoms with van der Waals surface area (Å²) in [5, 5.41) is 1.02. The summed E-state index contributed by atoms with van der Waals surface area (Å²) in [4.78, 5) is 19.2. The highest BCUT2D eigenvalue weighted by Gasteiger charge is 2.12. The zero-order valence-corrected chi connectivity index (χ0v) is 11.7. The highest BCUT2D eigenvalue weighted by molar-refractivity contribution is 5.85. The van der Waals surface area contributed by atoms with Gasteiger partial charge in [-0.3, -0.25) is 9.55 Å². The Morgan fingerprint density at radius 3 is 2.95 bits per heavy atom. The molecule has 5 nitrogen and oxygen atoms in total. The normalized spacial score (nSPS) is 11.5. The van der Waals surface area contributed by atoms with Gasteiger partial charge in [0.25, 0.3) is 0 Å². The molecule has 0 atom stereocenters. The SMILES string of the molecule is Cc1oc2ccc(-n3c(=O)[nH]c4ncccc43)cc2c1C. The van der Waals surface area contributed by atoms with Crippen LogP contribution in [0.5, 0.6) is 0 Å². The van der Waals surface area contributed by atoms with Crippen LogP contribution >= 0.6 is 0 Å². The predicted molar refractivity (Wildman–Crippen MR) is 80.9 cm³/mol. The van der Waals surface area contributed by atoms with Crippen molar-refractivity contribution < 1.29 is 4.42 Å². The Morgan fingerprint density at radius 1 is 1.24 bits per heavy atom. The zero-order chi connectivity index (χ0) is 14.6. The lowest BCUT2D eigenvalue weighted by Gasteiger charge is -2.03. The van der Waals surface area contributed by atoms with E-state index in [9.17, 15) is 4.79 Å². The van der Waals surface area contributed by atoms with Crippen molar-refractivity contribution in [2.45, 2.75) is 13.8 Å². The number of benzene rings is 1. The molecule has 0 aliphatic carbocycles. The average molecular weight is 279 g/mol. The summed E-state index contributed by atoms with van der Waals surface area (Å²) in [5.41, 5.74) is 3.89. The van der Waals surface area contributed by atoms with Crippen LogP contribution < -0.4 is 5.69 Å². The molecule has 4 rings (SSSR count). The summed E-state index contributed by atoms with van der Waals surface area (Å²) in [6, 6.07) is 9.44. The van der Waals surface area contributed by atoms with Crippen molar-refractivity contribution in [1.82, 2.24) is 14.5 Å². The van der Waals surface area contributed by atoms with E-state index in [1.807, 2.05) is 44.2 Å². The fraction of sp³-hybridized carbons (Fsp3) is 0.125. The summed E-state index contributed by atoms with van der Waals surface area (Å²) >= 11 is 0. The Hall–Kier alpha value is -2.82. The van der Waals surface area contributed by atoms with Crippen LogP contribution in [0.15, 0.2) is 45.7 Å². The minimum Gasteiger partial charge on any atom is -0.461 e. The maximum atomic E-state index is 12.2. The third-order valence-corrected chi connectivity index (χ3v) is 3.87. The molecule has 5 heteroatoms. The molecule has 3 heterocycles. The quantitative estimate of drug-likeness (QED) is 0.582. The van der Waals surface area contributed by atoms with Gasteiger partial charge in [-0.05, 0) is 49.7 Å². The fourth-order valence-electron chi connectivity index (χ4n) is 2.67. The molecule has 104 valence electrons. The second-order valence-electron chi connectivity index (χ2n) is 5.10. The number of aryl methyl sites for hydroxylation is 2. The average Bonchev–Trinajstić information content (AvgIpc) is 2.96. The topological polar surface area (TPSA) is 63.8 Å². The summed E-state index contributed by atoms with van der Waals surface area (Å²) in [5.74, 6) is 0.898. The monoisotopic (exact) mass is 279 g/mol. The smallest absolute Gasteiger partial charge is 0.332 e. The molecule has 0 fully saturated rings. The van der Waals surface area contributed by atoms with Gasteiger partial charge in [-0.1, -0.05) is 0 Å². The van der Waals surface area contributed by atoms with E-state index in [0.717, 1.165) is 33.5 Å². The Kier molecular flexibility index (Phi) is 2.33. The molecule has 0 spiro atoms. The number of hydrogen-bond donors (Lipinski definition) is 1. The lowest BCUT2D eigenvalue weighted by Crippen LogP contribution is -2.14. The molecule has 0 saturated heterocycles. The molecule has 21 heavy (non-hydrogen) atoms. The zero-order valence-electron chi connectivity index (χ0n) is 11.7. The lowest BCUT2D eigenvalue weighted by atomic mass is 10.1. The van der Waals surface area contributed by atoms with Gasteiger partial charge in [0.1, 0.15) is 11.3 Å². The molecule has 0 bridgehead atoms.